The number of carbonyl (C=O) groups excluding carboxylic acids is 1. The molecule has 1 saturated heterocycles. The monoisotopic (exact) mass is 358 g/mol. The zero-order valence-electron chi connectivity index (χ0n) is 13.5. The van der Waals surface area contributed by atoms with Crippen molar-refractivity contribution in [3.05, 3.63) is 34.9 Å². The van der Waals surface area contributed by atoms with Gasteiger partial charge >= 0.3 is 6.03 Å². The summed E-state index contributed by atoms with van der Waals surface area (Å²) in [6.45, 7) is 4.27. The van der Waals surface area contributed by atoms with Gasteiger partial charge in [0.15, 0.2) is 9.84 Å². The molecule has 0 saturated carbocycles. The summed E-state index contributed by atoms with van der Waals surface area (Å²) in [5.41, 5.74) is 0.980. The molecule has 128 valence electrons. The molecule has 1 aliphatic rings. The van der Waals surface area contributed by atoms with E-state index in [4.69, 9.17) is 11.6 Å². The van der Waals surface area contributed by atoms with Crippen LogP contribution >= 0.6 is 11.6 Å². The van der Waals surface area contributed by atoms with E-state index < -0.39 is 9.84 Å². The fraction of sp³-hybridized carbons (Fsp3) is 0.562. The lowest BCUT2D eigenvalue weighted by atomic mass is 10.1. The molecule has 1 aromatic rings. The van der Waals surface area contributed by atoms with E-state index in [1.807, 2.05) is 38.1 Å². The molecule has 2 atom stereocenters. The molecule has 1 aromatic carbocycles. The molecule has 0 bridgehead atoms. The van der Waals surface area contributed by atoms with Gasteiger partial charge in [0.05, 0.1) is 11.5 Å². The van der Waals surface area contributed by atoms with Gasteiger partial charge in [-0.15, -0.1) is 0 Å². The lowest BCUT2D eigenvalue weighted by Crippen LogP contribution is -2.49. The highest BCUT2D eigenvalue weighted by atomic mass is 35.5. The molecule has 0 aliphatic carbocycles. The maximum atomic E-state index is 12.4. The number of nitrogens with one attached hydrogen (secondary N) is 1. The number of amides is 2. The zero-order valence-corrected chi connectivity index (χ0v) is 15.0. The van der Waals surface area contributed by atoms with Crippen LogP contribution in [0.1, 0.15) is 25.8 Å². The number of hydrogen-bond acceptors (Lipinski definition) is 3. The minimum atomic E-state index is -3.01. The third kappa shape index (κ3) is 4.85. The molecular formula is C16H23ClN2O3S. The van der Waals surface area contributed by atoms with Crippen molar-refractivity contribution in [3.8, 4) is 0 Å². The van der Waals surface area contributed by atoms with E-state index in [1.54, 1.807) is 4.90 Å². The van der Waals surface area contributed by atoms with Crippen LogP contribution in [0.2, 0.25) is 5.02 Å². The highest BCUT2D eigenvalue weighted by Gasteiger charge is 2.34. The van der Waals surface area contributed by atoms with Crippen molar-refractivity contribution in [1.29, 1.82) is 0 Å². The van der Waals surface area contributed by atoms with Gasteiger partial charge in [-0.25, -0.2) is 13.2 Å². The second-order valence-electron chi connectivity index (χ2n) is 5.99. The third-order valence-electron chi connectivity index (χ3n) is 4.10. The molecular weight excluding hydrogens is 336 g/mol. The van der Waals surface area contributed by atoms with Crippen molar-refractivity contribution < 1.29 is 13.2 Å². The molecule has 1 aliphatic heterocycles. The fourth-order valence-corrected chi connectivity index (χ4v) is 4.87. The van der Waals surface area contributed by atoms with E-state index >= 15 is 0 Å². The lowest BCUT2D eigenvalue weighted by molar-refractivity contribution is 0.180. The van der Waals surface area contributed by atoms with Crippen LogP contribution in [-0.2, 0) is 16.3 Å². The number of halogens is 1. The summed E-state index contributed by atoms with van der Waals surface area (Å²) in [6.07, 6.45) is 1.15. The van der Waals surface area contributed by atoms with Crippen molar-refractivity contribution in [2.75, 3.05) is 18.1 Å². The first-order valence-electron chi connectivity index (χ1n) is 7.83. The minimum Gasteiger partial charge on any atom is -0.335 e. The van der Waals surface area contributed by atoms with Crippen LogP contribution in [0.25, 0.3) is 0 Å². The number of benzene rings is 1. The van der Waals surface area contributed by atoms with Crippen molar-refractivity contribution in [2.24, 2.45) is 0 Å². The molecule has 7 heteroatoms. The molecule has 2 amide bonds. The van der Waals surface area contributed by atoms with E-state index in [0.29, 0.717) is 24.4 Å². The van der Waals surface area contributed by atoms with Crippen LogP contribution in [0.15, 0.2) is 24.3 Å². The highest BCUT2D eigenvalue weighted by Crippen LogP contribution is 2.19. The van der Waals surface area contributed by atoms with Crippen LogP contribution < -0.4 is 5.32 Å². The van der Waals surface area contributed by atoms with Crippen molar-refractivity contribution >= 4 is 27.5 Å². The van der Waals surface area contributed by atoms with Gasteiger partial charge in [0.1, 0.15) is 0 Å². The van der Waals surface area contributed by atoms with E-state index in [9.17, 15) is 13.2 Å². The highest BCUT2D eigenvalue weighted by molar-refractivity contribution is 7.91. The predicted octanol–water partition coefficient (Wildman–Crippen LogP) is 2.49. The Balaban J connectivity index is 1.95. The summed E-state index contributed by atoms with van der Waals surface area (Å²) in [7, 11) is -3.01. The van der Waals surface area contributed by atoms with E-state index in [0.717, 1.165) is 5.56 Å². The first-order chi connectivity index (χ1) is 10.8. The van der Waals surface area contributed by atoms with Crippen LogP contribution in [0.4, 0.5) is 4.79 Å². The maximum Gasteiger partial charge on any atom is 0.317 e. The number of sulfone groups is 1. The van der Waals surface area contributed by atoms with E-state index in [2.05, 4.69) is 5.32 Å². The van der Waals surface area contributed by atoms with Gasteiger partial charge in [0, 0.05) is 23.7 Å². The Hall–Kier alpha value is -1.27. The van der Waals surface area contributed by atoms with Gasteiger partial charge in [-0.3, -0.25) is 0 Å². The Morgan fingerprint density at radius 1 is 1.43 bits per heavy atom. The second kappa shape index (κ2) is 7.53. The van der Waals surface area contributed by atoms with Gasteiger partial charge in [-0.1, -0.05) is 29.8 Å². The van der Waals surface area contributed by atoms with Gasteiger partial charge in [0.2, 0.25) is 0 Å². The lowest BCUT2D eigenvalue weighted by Gasteiger charge is -2.28. The summed E-state index contributed by atoms with van der Waals surface area (Å²) in [5.74, 6) is 0.226. The first kappa shape index (κ1) is 18.1. The number of hydrogen-bond donors (Lipinski definition) is 1. The molecule has 0 spiro atoms. The number of carbonyl (C=O) groups is 1. The summed E-state index contributed by atoms with van der Waals surface area (Å²) < 4.78 is 23.2. The molecule has 1 fully saturated rings. The Morgan fingerprint density at radius 3 is 2.70 bits per heavy atom. The molecule has 23 heavy (non-hydrogen) atoms. The Labute approximate surface area is 142 Å². The molecule has 2 rings (SSSR count). The van der Waals surface area contributed by atoms with Crippen LogP contribution in [-0.4, -0.2) is 49.5 Å². The number of urea groups is 1. The summed E-state index contributed by atoms with van der Waals surface area (Å²) in [6, 6.07) is 7.02. The molecule has 1 heterocycles. The van der Waals surface area contributed by atoms with Gasteiger partial charge in [-0.05, 0) is 38.3 Å². The third-order valence-corrected chi connectivity index (χ3v) is 6.22. The Morgan fingerprint density at radius 2 is 2.13 bits per heavy atom. The van der Waals surface area contributed by atoms with Crippen LogP contribution in [0.5, 0.6) is 0 Å². The average Bonchev–Trinajstić information content (AvgIpc) is 2.82. The Kier molecular flexibility index (Phi) is 5.92. The Bertz CT molecular complexity index is 663. The maximum absolute atomic E-state index is 12.4. The first-order valence-corrected chi connectivity index (χ1v) is 10.0. The molecule has 5 nitrogen and oxygen atoms in total. The van der Waals surface area contributed by atoms with E-state index in [-0.39, 0.29) is 29.6 Å². The molecule has 2 unspecified atom stereocenters. The topological polar surface area (TPSA) is 66.5 Å². The second-order valence-corrected chi connectivity index (χ2v) is 8.62. The van der Waals surface area contributed by atoms with E-state index in [1.165, 1.54) is 0 Å². The summed E-state index contributed by atoms with van der Waals surface area (Å²) in [5, 5.41) is 3.63. The fourth-order valence-electron chi connectivity index (χ4n) is 2.93. The van der Waals surface area contributed by atoms with Crippen LogP contribution in [0, 0.1) is 0 Å². The SMILES string of the molecule is CCN(C(=O)NC(C)Cc1ccccc1Cl)C1CCS(=O)(=O)C1. The van der Waals surface area contributed by atoms with Crippen molar-refractivity contribution in [1.82, 2.24) is 10.2 Å². The normalized spacial score (nSPS) is 20.9. The number of rotatable bonds is 5. The smallest absolute Gasteiger partial charge is 0.317 e. The summed E-state index contributed by atoms with van der Waals surface area (Å²) >= 11 is 6.14. The minimum absolute atomic E-state index is 0.0627. The zero-order chi connectivity index (χ0) is 17.0. The standard InChI is InChI=1S/C16H23ClN2O3S/c1-3-19(14-8-9-23(21,22)11-14)16(20)18-12(2)10-13-6-4-5-7-15(13)17/h4-7,12,14H,3,8-11H2,1-2H3,(H,18,20). The summed E-state index contributed by atoms with van der Waals surface area (Å²) in [4.78, 5) is 14.1. The van der Waals surface area contributed by atoms with Crippen molar-refractivity contribution in [3.63, 3.8) is 0 Å². The van der Waals surface area contributed by atoms with Crippen molar-refractivity contribution in [2.45, 2.75) is 38.8 Å². The molecule has 0 radical (unpaired) electrons. The predicted molar refractivity (Wildman–Crippen MR) is 92.6 cm³/mol. The molecule has 0 aromatic heterocycles. The van der Waals surface area contributed by atoms with Gasteiger partial charge < -0.3 is 10.2 Å². The quantitative estimate of drug-likeness (QED) is 0.879. The average molecular weight is 359 g/mol. The van der Waals surface area contributed by atoms with Crippen LogP contribution in [0.3, 0.4) is 0 Å². The van der Waals surface area contributed by atoms with Gasteiger partial charge in [0.25, 0.3) is 0 Å². The molecule has 1 N–H and O–H groups in total. The number of nitrogens with zero attached hydrogens (tertiary/aromatic N) is 1. The van der Waals surface area contributed by atoms with Gasteiger partial charge in [-0.2, -0.15) is 0 Å². The largest absolute Gasteiger partial charge is 0.335 e.